The minimum Gasteiger partial charge on any atom is -0.483 e. The first-order chi connectivity index (χ1) is 15.0. The molecule has 1 aromatic carbocycles. The molecule has 1 fully saturated rings. The lowest BCUT2D eigenvalue weighted by Crippen LogP contribution is -2.40. The molecule has 8 heteroatoms. The number of fused-ring (bicyclic) bond motifs is 3. The predicted octanol–water partition coefficient (Wildman–Crippen LogP) is 2.50. The lowest BCUT2D eigenvalue weighted by molar-refractivity contribution is -0.134. The van der Waals surface area contributed by atoms with Crippen molar-refractivity contribution in [2.24, 2.45) is 7.05 Å². The second-order valence-electron chi connectivity index (χ2n) is 8.51. The molecule has 0 spiro atoms. The number of carbonyl (C=O) groups is 1. The molecule has 2 aromatic heterocycles. The topological polar surface area (TPSA) is 90.5 Å². The Morgan fingerprint density at radius 2 is 2.00 bits per heavy atom. The molecule has 1 amide bonds. The van der Waals surface area contributed by atoms with Gasteiger partial charge in [0.15, 0.2) is 6.61 Å². The van der Waals surface area contributed by atoms with Crippen LogP contribution in [0.1, 0.15) is 47.7 Å². The summed E-state index contributed by atoms with van der Waals surface area (Å²) >= 11 is 0. The summed E-state index contributed by atoms with van der Waals surface area (Å²) in [5, 5.41) is 9.14. The van der Waals surface area contributed by atoms with Gasteiger partial charge in [-0.1, -0.05) is 0 Å². The van der Waals surface area contributed by atoms with E-state index in [-0.39, 0.29) is 18.1 Å². The molecule has 0 N–H and O–H groups in total. The predicted molar refractivity (Wildman–Crippen MR) is 114 cm³/mol. The van der Waals surface area contributed by atoms with Crippen LogP contribution in [0, 0.1) is 6.92 Å². The number of amides is 1. The Labute approximate surface area is 179 Å². The highest BCUT2D eigenvalue weighted by Crippen LogP contribution is 2.33. The van der Waals surface area contributed by atoms with Crippen molar-refractivity contribution in [3.05, 3.63) is 51.4 Å². The average molecular weight is 422 g/mol. The summed E-state index contributed by atoms with van der Waals surface area (Å²) in [6.07, 6.45) is 6.11. The van der Waals surface area contributed by atoms with Crippen LogP contribution in [-0.4, -0.2) is 45.3 Å². The molecule has 2 aliphatic rings. The van der Waals surface area contributed by atoms with Crippen molar-refractivity contribution < 1.29 is 13.9 Å². The van der Waals surface area contributed by atoms with Gasteiger partial charge >= 0.3 is 5.63 Å². The van der Waals surface area contributed by atoms with E-state index >= 15 is 0 Å². The molecule has 162 valence electrons. The Hall–Kier alpha value is -3.16. The molecule has 0 radical (unpaired) electrons. The molecule has 0 atom stereocenters. The Morgan fingerprint density at radius 3 is 2.74 bits per heavy atom. The molecule has 5 rings (SSSR count). The van der Waals surface area contributed by atoms with Gasteiger partial charge in [-0.2, -0.15) is 0 Å². The number of ether oxygens (including phenoxy) is 1. The van der Waals surface area contributed by atoms with Gasteiger partial charge in [0, 0.05) is 42.6 Å². The highest BCUT2D eigenvalue weighted by atomic mass is 16.5. The van der Waals surface area contributed by atoms with Crippen LogP contribution in [0.25, 0.3) is 11.0 Å². The van der Waals surface area contributed by atoms with Crippen LogP contribution in [-0.2, 0) is 24.7 Å². The lowest BCUT2D eigenvalue weighted by atomic mass is 9.96. The van der Waals surface area contributed by atoms with Crippen molar-refractivity contribution in [3.63, 3.8) is 0 Å². The monoisotopic (exact) mass is 422 g/mol. The largest absolute Gasteiger partial charge is 0.483 e. The molecule has 0 bridgehead atoms. The van der Waals surface area contributed by atoms with Gasteiger partial charge in [-0.3, -0.25) is 4.79 Å². The third-order valence-electron chi connectivity index (χ3n) is 6.65. The number of aryl methyl sites for hydroxylation is 3. The lowest BCUT2D eigenvalue weighted by Gasteiger charge is -2.31. The molecule has 0 saturated carbocycles. The quantitative estimate of drug-likeness (QED) is 0.600. The Morgan fingerprint density at radius 1 is 1.23 bits per heavy atom. The fraction of sp³-hybridized carbons (Fsp3) is 0.478. The van der Waals surface area contributed by atoms with Crippen molar-refractivity contribution >= 4 is 16.9 Å². The fourth-order valence-electron chi connectivity index (χ4n) is 4.90. The number of likely N-dealkylation sites (tertiary alicyclic amines) is 1. The zero-order chi connectivity index (χ0) is 21.5. The fourth-order valence-corrected chi connectivity index (χ4v) is 4.90. The number of aromatic nitrogens is 3. The first kappa shape index (κ1) is 19.8. The zero-order valence-corrected chi connectivity index (χ0v) is 17.9. The number of benzene rings is 1. The maximum Gasteiger partial charge on any atom is 0.339 e. The standard InChI is InChI=1S/C23H26N4O4/c1-14-19(7-6-17-16-4-3-5-18(16)23(29)31-21(14)17)30-12-20(28)27-10-8-15(9-11-27)22-25-24-13-26(22)2/h6-7,13,15H,3-5,8-12H2,1-2H3. The van der Waals surface area contributed by atoms with Crippen LogP contribution in [0.3, 0.4) is 0 Å². The third-order valence-corrected chi connectivity index (χ3v) is 6.65. The van der Waals surface area contributed by atoms with Crippen molar-refractivity contribution in [1.82, 2.24) is 19.7 Å². The SMILES string of the molecule is Cc1c(OCC(=O)N2CCC(c3nncn3C)CC2)ccc2c3c(c(=O)oc12)CCC3. The highest BCUT2D eigenvalue weighted by Gasteiger charge is 2.27. The van der Waals surface area contributed by atoms with Crippen molar-refractivity contribution in [3.8, 4) is 5.75 Å². The Kier molecular flexibility index (Phi) is 5.00. The zero-order valence-electron chi connectivity index (χ0n) is 17.9. The molecule has 31 heavy (non-hydrogen) atoms. The van der Waals surface area contributed by atoms with Gasteiger partial charge in [0.2, 0.25) is 0 Å². The number of piperidine rings is 1. The first-order valence-corrected chi connectivity index (χ1v) is 10.9. The molecule has 0 unspecified atom stereocenters. The summed E-state index contributed by atoms with van der Waals surface area (Å²) in [5.41, 5.74) is 2.99. The van der Waals surface area contributed by atoms with Gasteiger partial charge in [-0.05, 0) is 56.7 Å². The Balaban J connectivity index is 1.25. The minimum absolute atomic E-state index is 0.0316. The molecule has 1 aliphatic heterocycles. The molecule has 3 aromatic rings. The van der Waals surface area contributed by atoms with Gasteiger partial charge in [0.1, 0.15) is 23.5 Å². The van der Waals surface area contributed by atoms with Gasteiger partial charge in [0.05, 0.1) is 0 Å². The summed E-state index contributed by atoms with van der Waals surface area (Å²) in [6, 6.07) is 3.82. The van der Waals surface area contributed by atoms with E-state index in [2.05, 4.69) is 10.2 Å². The van der Waals surface area contributed by atoms with Gasteiger partial charge in [-0.25, -0.2) is 4.79 Å². The van der Waals surface area contributed by atoms with Crippen LogP contribution >= 0.6 is 0 Å². The molecule has 8 nitrogen and oxygen atoms in total. The van der Waals surface area contributed by atoms with Crippen molar-refractivity contribution in [2.75, 3.05) is 19.7 Å². The van der Waals surface area contributed by atoms with Gasteiger partial charge in [0.25, 0.3) is 5.91 Å². The van der Waals surface area contributed by atoms with E-state index in [9.17, 15) is 9.59 Å². The second-order valence-corrected chi connectivity index (χ2v) is 8.51. The number of nitrogens with zero attached hydrogens (tertiary/aromatic N) is 4. The summed E-state index contributed by atoms with van der Waals surface area (Å²) < 4.78 is 13.4. The van der Waals surface area contributed by atoms with Crippen LogP contribution in [0.15, 0.2) is 27.7 Å². The maximum absolute atomic E-state index is 12.7. The normalized spacial score (nSPS) is 16.6. The Bertz CT molecular complexity index is 1200. The minimum atomic E-state index is -0.248. The molecule has 1 saturated heterocycles. The molecule has 3 heterocycles. The van der Waals surface area contributed by atoms with Crippen LogP contribution in [0.5, 0.6) is 5.75 Å². The van der Waals surface area contributed by atoms with E-state index in [1.165, 1.54) is 0 Å². The summed E-state index contributed by atoms with van der Waals surface area (Å²) in [7, 11) is 1.95. The molecular formula is C23H26N4O4. The second kappa shape index (κ2) is 7.83. The summed E-state index contributed by atoms with van der Waals surface area (Å²) in [4.78, 5) is 26.9. The average Bonchev–Trinajstić information content (AvgIpc) is 3.43. The number of rotatable bonds is 4. The van der Waals surface area contributed by atoms with E-state index in [1.54, 1.807) is 6.33 Å². The van der Waals surface area contributed by atoms with E-state index in [1.807, 2.05) is 35.6 Å². The molecular weight excluding hydrogens is 396 g/mol. The number of carbonyl (C=O) groups excluding carboxylic acids is 1. The van der Waals surface area contributed by atoms with E-state index < -0.39 is 0 Å². The summed E-state index contributed by atoms with van der Waals surface area (Å²) in [5.74, 6) is 1.84. The molecule has 1 aliphatic carbocycles. The van der Waals surface area contributed by atoms with Crippen molar-refractivity contribution in [1.29, 1.82) is 0 Å². The van der Waals surface area contributed by atoms with E-state index in [0.717, 1.165) is 60.0 Å². The van der Waals surface area contributed by atoms with E-state index in [0.29, 0.717) is 30.3 Å². The van der Waals surface area contributed by atoms with Crippen LogP contribution in [0.4, 0.5) is 0 Å². The number of hydrogen-bond donors (Lipinski definition) is 0. The highest BCUT2D eigenvalue weighted by molar-refractivity contribution is 5.86. The maximum atomic E-state index is 12.7. The van der Waals surface area contributed by atoms with E-state index in [4.69, 9.17) is 9.15 Å². The van der Waals surface area contributed by atoms with Crippen molar-refractivity contribution in [2.45, 2.75) is 44.9 Å². The van der Waals surface area contributed by atoms with Gasteiger partial charge < -0.3 is 18.6 Å². The smallest absolute Gasteiger partial charge is 0.339 e. The number of hydrogen-bond acceptors (Lipinski definition) is 6. The van der Waals surface area contributed by atoms with Crippen LogP contribution in [0.2, 0.25) is 0 Å². The third kappa shape index (κ3) is 3.49. The summed E-state index contributed by atoms with van der Waals surface area (Å²) in [6.45, 7) is 3.20. The van der Waals surface area contributed by atoms with Gasteiger partial charge in [-0.15, -0.1) is 10.2 Å². The van der Waals surface area contributed by atoms with Crippen LogP contribution < -0.4 is 10.4 Å². The first-order valence-electron chi connectivity index (χ1n) is 10.9.